The Kier molecular flexibility index (Phi) is 6.22. The van der Waals surface area contributed by atoms with Crippen molar-refractivity contribution in [3.05, 3.63) is 78.2 Å². The van der Waals surface area contributed by atoms with Gasteiger partial charge in [0.1, 0.15) is 11.6 Å². The third-order valence-corrected chi connectivity index (χ3v) is 4.38. The average Bonchev–Trinajstić information content (AvgIpc) is 2.71. The number of hydrogen-bond acceptors (Lipinski definition) is 4. The maximum Gasteiger partial charge on any atom is 0.257 e. The van der Waals surface area contributed by atoms with E-state index in [0.29, 0.717) is 17.1 Å². The summed E-state index contributed by atoms with van der Waals surface area (Å²) >= 11 is 0. The number of rotatable bonds is 7. The van der Waals surface area contributed by atoms with Crippen LogP contribution in [0.1, 0.15) is 24.2 Å². The number of amides is 1. The van der Waals surface area contributed by atoms with Crippen LogP contribution in [0.3, 0.4) is 0 Å². The largest absolute Gasteiger partial charge is 0.372 e. The molecule has 3 aromatic rings. The lowest BCUT2D eigenvalue weighted by Gasteiger charge is -2.21. The van der Waals surface area contributed by atoms with Gasteiger partial charge in [0.25, 0.3) is 5.91 Å². The monoisotopic (exact) mass is 378 g/mol. The number of carbonyl (C=O) groups is 1. The van der Waals surface area contributed by atoms with Crippen LogP contribution in [0.4, 0.5) is 27.3 Å². The van der Waals surface area contributed by atoms with E-state index in [1.807, 2.05) is 12.1 Å². The van der Waals surface area contributed by atoms with Crippen molar-refractivity contribution in [2.75, 3.05) is 28.6 Å². The number of anilines is 4. The molecule has 0 spiro atoms. The van der Waals surface area contributed by atoms with E-state index in [2.05, 4.69) is 46.5 Å². The summed E-state index contributed by atoms with van der Waals surface area (Å²) in [6, 6.07) is 17.3. The molecule has 5 nitrogen and oxygen atoms in total. The lowest BCUT2D eigenvalue weighted by atomic mass is 10.2. The van der Waals surface area contributed by atoms with Gasteiger partial charge in [-0.2, -0.15) is 0 Å². The zero-order valence-corrected chi connectivity index (χ0v) is 15.9. The molecule has 2 aromatic carbocycles. The summed E-state index contributed by atoms with van der Waals surface area (Å²) in [5.74, 6) is -0.103. The van der Waals surface area contributed by atoms with Crippen LogP contribution in [-0.2, 0) is 0 Å². The van der Waals surface area contributed by atoms with Crippen LogP contribution in [0.2, 0.25) is 0 Å². The highest BCUT2D eigenvalue weighted by atomic mass is 19.1. The average molecular weight is 378 g/mol. The third kappa shape index (κ3) is 4.85. The molecule has 0 saturated heterocycles. The zero-order valence-electron chi connectivity index (χ0n) is 15.9. The Labute approximate surface area is 164 Å². The summed E-state index contributed by atoms with van der Waals surface area (Å²) in [5.41, 5.74) is 2.89. The third-order valence-electron chi connectivity index (χ3n) is 4.38. The van der Waals surface area contributed by atoms with Gasteiger partial charge in [-0.3, -0.25) is 4.79 Å². The van der Waals surface area contributed by atoms with Gasteiger partial charge < -0.3 is 15.5 Å². The minimum atomic E-state index is -0.400. The molecule has 144 valence electrons. The summed E-state index contributed by atoms with van der Waals surface area (Å²) < 4.78 is 13.2. The molecular formula is C22H23FN4O. The van der Waals surface area contributed by atoms with Gasteiger partial charge in [-0.25, -0.2) is 9.37 Å². The van der Waals surface area contributed by atoms with Gasteiger partial charge in [0.15, 0.2) is 0 Å². The van der Waals surface area contributed by atoms with E-state index in [9.17, 15) is 9.18 Å². The second kappa shape index (κ2) is 8.99. The molecule has 0 aliphatic carbocycles. The highest BCUT2D eigenvalue weighted by molar-refractivity contribution is 6.04. The molecule has 0 bridgehead atoms. The van der Waals surface area contributed by atoms with Gasteiger partial charge in [-0.15, -0.1) is 0 Å². The van der Waals surface area contributed by atoms with Gasteiger partial charge in [0.05, 0.1) is 5.56 Å². The Bertz CT molecular complexity index is 922. The van der Waals surface area contributed by atoms with Crippen molar-refractivity contribution < 1.29 is 9.18 Å². The van der Waals surface area contributed by atoms with Gasteiger partial charge >= 0.3 is 0 Å². The number of aromatic nitrogens is 1. The molecule has 0 fully saturated rings. The molecule has 0 saturated carbocycles. The molecule has 0 unspecified atom stereocenters. The van der Waals surface area contributed by atoms with E-state index in [1.165, 1.54) is 24.0 Å². The number of hydrogen-bond donors (Lipinski definition) is 2. The molecule has 1 amide bonds. The highest BCUT2D eigenvalue weighted by Gasteiger charge is 2.08. The first kappa shape index (κ1) is 19.4. The first-order valence-corrected chi connectivity index (χ1v) is 9.24. The van der Waals surface area contributed by atoms with Crippen LogP contribution in [-0.4, -0.2) is 24.0 Å². The molecule has 2 N–H and O–H groups in total. The molecule has 1 aromatic heterocycles. The quantitative estimate of drug-likeness (QED) is 0.603. The molecule has 0 atom stereocenters. The zero-order chi connectivity index (χ0) is 19.9. The summed E-state index contributed by atoms with van der Waals surface area (Å²) in [5, 5.41) is 5.87. The van der Waals surface area contributed by atoms with Crippen molar-refractivity contribution in [1.82, 2.24) is 4.98 Å². The first-order valence-electron chi connectivity index (χ1n) is 9.24. The van der Waals surface area contributed by atoms with Crippen LogP contribution >= 0.6 is 0 Å². The van der Waals surface area contributed by atoms with E-state index in [0.717, 1.165) is 18.8 Å². The smallest absolute Gasteiger partial charge is 0.257 e. The van der Waals surface area contributed by atoms with E-state index < -0.39 is 5.82 Å². The van der Waals surface area contributed by atoms with E-state index in [-0.39, 0.29) is 5.91 Å². The summed E-state index contributed by atoms with van der Waals surface area (Å²) in [6.45, 7) is 6.19. The molecule has 1 heterocycles. The Morgan fingerprint density at radius 1 is 1.00 bits per heavy atom. The van der Waals surface area contributed by atoms with Crippen LogP contribution < -0.4 is 15.5 Å². The van der Waals surface area contributed by atoms with Crippen LogP contribution in [0.5, 0.6) is 0 Å². The Balaban J connectivity index is 1.63. The van der Waals surface area contributed by atoms with Crippen LogP contribution in [0.25, 0.3) is 0 Å². The number of nitrogens with zero attached hydrogens (tertiary/aromatic N) is 2. The topological polar surface area (TPSA) is 57.3 Å². The SMILES string of the molecule is CCN(CC)c1ccc(Nc2ccc(C(=O)Nc3cccc(F)c3)cn2)cc1. The van der Waals surface area contributed by atoms with Crippen LogP contribution in [0, 0.1) is 5.82 Å². The lowest BCUT2D eigenvalue weighted by molar-refractivity contribution is 0.102. The van der Waals surface area contributed by atoms with Crippen molar-refractivity contribution in [1.29, 1.82) is 0 Å². The van der Waals surface area contributed by atoms with E-state index in [4.69, 9.17) is 0 Å². The summed E-state index contributed by atoms with van der Waals surface area (Å²) in [6.07, 6.45) is 1.49. The van der Waals surface area contributed by atoms with Crippen molar-refractivity contribution in [3.63, 3.8) is 0 Å². The maximum absolute atomic E-state index is 13.2. The Hall–Kier alpha value is -3.41. The van der Waals surface area contributed by atoms with Crippen LogP contribution in [0.15, 0.2) is 66.9 Å². The molecule has 6 heteroatoms. The van der Waals surface area contributed by atoms with Crippen molar-refractivity contribution in [2.24, 2.45) is 0 Å². The van der Waals surface area contributed by atoms with Gasteiger partial charge in [-0.05, 0) is 68.4 Å². The number of benzene rings is 2. The summed E-state index contributed by atoms with van der Waals surface area (Å²) in [7, 11) is 0. The van der Waals surface area contributed by atoms with Crippen molar-refractivity contribution in [2.45, 2.75) is 13.8 Å². The van der Waals surface area contributed by atoms with E-state index in [1.54, 1.807) is 24.3 Å². The number of nitrogens with one attached hydrogen (secondary N) is 2. The number of carbonyl (C=O) groups excluding carboxylic acids is 1. The number of halogens is 1. The molecule has 0 aliphatic heterocycles. The Morgan fingerprint density at radius 3 is 2.36 bits per heavy atom. The molecule has 3 rings (SSSR count). The van der Waals surface area contributed by atoms with Crippen molar-refractivity contribution in [3.8, 4) is 0 Å². The minimum Gasteiger partial charge on any atom is -0.372 e. The summed E-state index contributed by atoms with van der Waals surface area (Å²) in [4.78, 5) is 18.8. The highest BCUT2D eigenvalue weighted by Crippen LogP contribution is 2.20. The molecular weight excluding hydrogens is 355 g/mol. The fraction of sp³-hybridized carbons (Fsp3) is 0.182. The van der Waals surface area contributed by atoms with Crippen molar-refractivity contribution >= 4 is 28.8 Å². The minimum absolute atomic E-state index is 0.340. The predicted molar refractivity (Wildman–Crippen MR) is 112 cm³/mol. The van der Waals surface area contributed by atoms with Gasteiger partial charge in [0, 0.05) is 36.3 Å². The molecule has 0 aliphatic rings. The second-order valence-electron chi connectivity index (χ2n) is 6.24. The standard InChI is InChI=1S/C22H23FN4O/c1-3-27(4-2)20-11-9-18(10-12-20)25-21-13-8-16(15-24-21)22(28)26-19-7-5-6-17(23)14-19/h5-15H,3-4H2,1-2H3,(H,24,25)(H,26,28). The first-order chi connectivity index (χ1) is 13.6. The fourth-order valence-electron chi connectivity index (χ4n) is 2.86. The fourth-order valence-corrected chi connectivity index (χ4v) is 2.86. The Morgan fingerprint density at radius 2 is 1.75 bits per heavy atom. The predicted octanol–water partition coefficient (Wildman–Crippen LogP) is 5.06. The lowest BCUT2D eigenvalue weighted by Crippen LogP contribution is -2.21. The van der Waals surface area contributed by atoms with Gasteiger partial charge in [0.2, 0.25) is 0 Å². The molecule has 28 heavy (non-hydrogen) atoms. The maximum atomic E-state index is 13.2. The van der Waals surface area contributed by atoms with Gasteiger partial charge in [-0.1, -0.05) is 6.07 Å². The molecule has 0 radical (unpaired) electrons. The van der Waals surface area contributed by atoms with E-state index >= 15 is 0 Å². The number of pyridine rings is 1. The normalized spacial score (nSPS) is 10.4. The second-order valence-corrected chi connectivity index (χ2v) is 6.24.